The number of halogens is 1. The highest BCUT2D eigenvalue weighted by Crippen LogP contribution is 2.29. The lowest BCUT2D eigenvalue weighted by molar-refractivity contribution is -0.116. The summed E-state index contributed by atoms with van der Waals surface area (Å²) in [6.45, 7) is 0. The Morgan fingerprint density at radius 3 is 2.50 bits per heavy atom. The first-order chi connectivity index (χ1) is 10.6. The Kier molecular flexibility index (Phi) is 5.67. The lowest BCUT2D eigenvalue weighted by Gasteiger charge is -2.10. The molecule has 1 N–H and O–H groups in total. The maximum atomic E-state index is 12.0. The molecule has 0 aliphatic rings. The number of benzene rings is 2. The molecule has 0 spiro atoms. The van der Waals surface area contributed by atoms with E-state index in [0.29, 0.717) is 35.1 Å². The molecule has 0 heterocycles. The molecule has 1 amide bonds. The third-order valence-electron chi connectivity index (χ3n) is 3.25. The minimum absolute atomic E-state index is 0.0767. The fraction of sp³-hybridized carbons (Fsp3) is 0.235. The van der Waals surface area contributed by atoms with Gasteiger partial charge in [0.15, 0.2) is 11.5 Å². The molecule has 0 atom stereocenters. The molecule has 2 rings (SSSR count). The van der Waals surface area contributed by atoms with Crippen LogP contribution >= 0.6 is 11.6 Å². The summed E-state index contributed by atoms with van der Waals surface area (Å²) in [4.78, 5) is 12.0. The number of ether oxygens (including phenoxy) is 2. The lowest BCUT2D eigenvalue weighted by Crippen LogP contribution is -2.12. The van der Waals surface area contributed by atoms with Gasteiger partial charge in [-0.15, -0.1) is 0 Å². The summed E-state index contributed by atoms with van der Waals surface area (Å²) in [5, 5.41) is 3.52. The van der Waals surface area contributed by atoms with E-state index in [1.54, 1.807) is 32.4 Å². The Morgan fingerprint density at radius 2 is 1.82 bits per heavy atom. The van der Waals surface area contributed by atoms with Crippen molar-refractivity contribution in [2.24, 2.45) is 0 Å². The number of carbonyl (C=O) groups is 1. The van der Waals surface area contributed by atoms with Crippen LogP contribution in [0.15, 0.2) is 42.5 Å². The highest BCUT2D eigenvalue weighted by atomic mass is 35.5. The van der Waals surface area contributed by atoms with E-state index in [-0.39, 0.29) is 5.91 Å². The van der Waals surface area contributed by atoms with Crippen molar-refractivity contribution in [3.63, 3.8) is 0 Å². The maximum Gasteiger partial charge on any atom is 0.224 e. The summed E-state index contributed by atoms with van der Waals surface area (Å²) in [5.74, 6) is 1.12. The van der Waals surface area contributed by atoms with Crippen LogP contribution in [0, 0.1) is 0 Å². The zero-order valence-electron chi connectivity index (χ0n) is 12.6. The van der Waals surface area contributed by atoms with Crippen LogP contribution in [-0.2, 0) is 11.2 Å². The second-order valence-corrected chi connectivity index (χ2v) is 5.12. The zero-order chi connectivity index (χ0) is 15.9. The van der Waals surface area contributed by atoms with Crippen LogP contribution in [0.5, 0.6) is 11.5 Å². The molecule has 0 bridgehead atoms. The normalized spacial score (nSPS) is 10.1. The molecule has 0 saturated heterocycles. The summed E-state index contributed by atoms with van der Waals surface area (Å²) < 4.78 is 10.4. The average Bonchev–Trinajstić information content (AvgIpc) is 2.54. The van der Waals surface area contributed by atoms with Gasteiger partial charge in [0.25, 0.3) is 0 Å². The highest BCUT2D eigenvalue weighted by Gasteiger charge is 2.08. The minimum Gasteiger partial charge on any atom is -0.493 e. The Bertz CT molecular complexity index is 658. The molecule has 4 nitrogen and oxygen atoms in total. The summed E-state index contributed by atoms with van der Waals surface area (Å²) in [7, 11) is 3.13. The van der Waals surface area contributed by atoms with Gasteiger partial charge in [-0.05, 0) is 30.2 Å². The number of rotatable bonds is 6. The van der Waals surface area contributed by atoms with Gasteiger partial charge in [-0.2, -0.15) is 0 Å². The molecule has 2 aromatic rings. The van der Waals surface area contributed by atoms with Gasteiger partial charge in [-0.1, -0.05) is 29.8 Å². The van der Waals surface area contributed by atoms with Crippen molar-refractivity contribution in [3.8, 4) is 11.5 Å². The van der Waals surface area contributed by atoms with E-state index in [1.807, 2.05) is 24.3 Å². The Labute approximate surface area is 135 Å². The minimum atomic E-state index is -0.0767. The van der Waals surface area contributed by atoms with Gasteiger partial charge in [0, 0.05) is 23.2 Å². The molecular formula is C17H18ClNO3. The standard InChI is InChI=1S/C17H18ClNO3/c1-21-15-9-8-13(11-16(15)22-2)19-17(20)10-7-12-5-3-4-6-14(12)18/h3-6,8-9,11H,7,10H2,1-2H3,(H,19,20). The van der Waals surface area contributed by atoms with E-state index < -0.39 is 0 Å². The number of nitrogens with one attached hydrogen (secondary N) is 1. The van der Waals surface area contributed by atoms with Crippen LogP contribution < -0.4 is 14.8 Å². The predicted molar refractivity (Wildman–Crippen MR) is 87.9 cm³/mol. The average molecular weight is 320 g/mol. The number of methoxy groups -OCH3 is 2. The number of amides is 1. The smallest absolute Gasteiger partial charge is 0.224 e. The molecule has 0 aromatic heterocycles. The maximum absolute atomic E-state index is 12.0. The second kappa shape index (κ2) is 7.71. The molecule has 0 unspecified atom stereocenters. The molecular weight excluding hydrogens is 302 g/mol. The number of anilines is 1. The molecule has 0 aliphatic heterocycles. The Balaban J connectivity index is 1.96. The highest BCUT2D eigenvalue weighted by molar-refractivity contribution is 6.31. The van der Waals surface area contributed by atoms with Crippen LogP contribution in [0.4, 0.5) is 5.69 Å². The van der Waals surface area contributed by atoms with E-state index >= 15 is 0 Å². The molecule has 116 valence electrons. The molecule has 5 heteroatoms. The van der Waals surface area contributed by atoms with E-state index in [0.717, 1.165) is 5.56 Å². The van der Waals surface area contributed by atoms with Crippen molar-refractivity contribution in [3.05, 3.63) is 53.1 Å². The van der Waals surface area contributed by atoms with Crippen LogP contribution in [0.1, 0.15) is 12.0 Å². The summed E-state index contributed by atoms with van der Waals surface area (Å²) in [5.41, 5.74) is 1.63. The number of hydrogen-bond acceptors (Lipinski definition) is 3. The summed E-state index contributed by atoms with van der Waals surface area (Å²) >= 11 is 6.08. The van der Waals surface area contributed by atoms with E-state index in [1.165, 1.54) is 0 Å². The molecule has 0 saturated carbocycles. The third-order valence-corrected chi connectivity index (χ3v) is 3.62. The van der Waals surface area contributed by atoms with Gasteiger partial charge in [0.05, 0.1) is 14.2 Å². The van der Waals surface area contributed by atoms with Crippen LogP contribution in [0.25, 0.3) is 0 Å². The fourth-order valence-electron chi connectivity index (χ4n) is 2.09. The van der Waals surface area contributed by atoms with E-state index in [2.05, 4.69) is 5.32 Å². The van der Waals surface area contributed by atoms with Crippen LogP contribution in [0.3, 0.4) is 0 Å². The number of hydrogen-bond donors (Lipinski definition) is 1. The number of carbonyl (C=O) groups excluding carboxylic acids is 1. The first-order valence-electron chi connectivity index (χ1n) is 6.89. The predicted octanol–water partition coefficient (Wildman–Crippen LogP) is 3.93. The first-order valence-corrected chi connectivity index (χ1v) is 7.27. The van der Waals surface area contributed by atoms with Crippen molar-refractivity contribution in [2.75, 3.05) is 19.5 Å². The quantitative estimate of drug-likeness (QED) is 0.877. The van der Waals surface area contributed by atoms with E-state index in [4.69, 9.17) is 21.1 Å². The largest absolute Gasteiger partial charge is 0.493 e. The number of aryl methyl sites for hydroxylation is 1. The van der Waals surface area contributed by atoms with Gasteiger partial charge < -0.3 is 14.8 Å². The van der Waals surface area contributed by atoms with Crippen molar-refractivity contribution in [2.45, 2.75) is 12.8 Å². The topological polar surface area (TPSA) is 47.6 Å². The van der Waals surface area contributed by atoms with Gasteiger partial charge >= 0.3 is 0 Å². The van der Waals surface area contributed by atoms with Crippen molar-refractivity contribution in [1.82, 2.24) is 0 Å². The van der Waals surface area contributed by atoms with Gasteiger partial charge in [-0.25, -0.2) is 0 Å². The molecule has 22 heavy (non-hydrogen) atoms. The Hall–Kier alpha value is -2.20. The molecule has 0 radical (unpaired) electrons. The summed E-state index contributed by atoms with van der Waals surface area (Å²) in [6.07, 6.45) is 0.955. The summed E-state index contributed by atoms with van der Waals surface area (Å²) in [6, 6.07) is 12.8. The fourth-order valence-corrected chi connectivity index (χ4v) is 2.32. The van der Waals surface area contributed by atoms with Crippen molar-refractivity contribution < 1.29 is 14.3 Å². The molecule has 0 fully saturated rings. The second-order valence-electron chi connectivity index (χ2n) is 4.71. The third kappa shape index (κ3) is 4.15. The van der Waals surface area contributed by atoms with Crippen LogP contribution in [-0.4, -0.2) is 20.1 Å². The van der Waals surface area contributed by atoms with Crippen molar-refractivity contribution >= 4 is 23.2 Å². The zero-order valence-corrected chi connectivity index (χ0v) is 13.3. The SMILES string of the molecule is COc1ccc(NC(=O)CCc2ccccc2Cl)cc1OC. The lowest BCUT2D eigenvalue weighted by atomic mass is 10.1. The van der Waals surface area contributed by atoms with E-state index in [9.17, 15) is 4.79 Å². The molecule has 0 aliphatic carbocycles. The van der Waals surface area contributed by atoms with Gasteiger partial charge in [0.2, 0.25) is 5.91 Å². The monoisotopic (exact) mass is 319 g/mol. The van der Waals surface area contributed by atoms with Crippen molar-refractivity contribution in [1.29, 1.82) is 0 Å². The molecule has 2 aromatic carbocycles. The Morgan fingerprint density at radius 1 is 1.09 bits per heavy atom. The van der Waals surface area contributed by atoms with Crippen LogP contribution in [0.2, 0.25) is 5.02 Å². The van der Waals surface area contributed by atoms with Gasteiger partial charge in [0.1, 0.15) is 0 Å². The first kappa shape index (κ1) is 16.2. The van der Waals surface area contributed by atoms with Gasteiger partial charge in [-0.3, -0.25) is 4.79 Å².